The summed E-state index contributed by atoms with van der Waals surface area (Å²) < 4.78 is 25.2. The molecule has 0 saturated carbocycles. The van der Waals surface area contributed by atoms with Gasteiger partial charge in [-0.25, -0.2) is 9.37 Å². The maximum Gasteiger partial charge on any atom is 0.267 e. The summed E-state index contributed by atoms with van der Waals surface area (Å²) in [6.07, 6.45) is 14.0. The SMILES string of the molecule is O=C(c1cc(F)cnc1Oc1cc(Cl)ccc1Cl)N1C=COC(CC2=CC=CCC2)=C1. The maximum atomic E-state index is 13.9. The fourth-order valence-corrected chi connectivity index (χ4v) is 3.43. The maximum absolute atomic E-state index is 13.9. The molecular formula is C23H17Cl2FN2O3. The van der Waals surface area contributed by atoms with Crippen LogP contribution >= 0.6 is 23.2 Å². The molecule has 8 heteroatoms. The van der Waals surface area contributed by atoms with E-state index < -0.39 is 11.7 Å². The molecule has 4 rings (SSSR count). The van der Waals surface area contributed by atoms with E-state index in [-0.39, 0.29) is 22.2 Å². The molecule has 1 aliphatic carbocycles. The first-order valence-electron chi connectivity index (χ1n) is 9.49. The van der Waals surface area contributed by atoms with Gasteiger partial charge in [-0.3, -0.25) is 9.69 Å². The quantitative estimate of drug-likeness (QED) is 0.495. The van der Waals surface area contributed by atoms with Crippen molar-refractivity contribution in [1.29, 1.82) is 0 Å². The van der Waals surface area contributed by atoms with Crippen molar-refractivity contribution in [3.05, 3.63) is 100 Å². The van der Waals surface area contributed by atoms with E-state index in [4.69, 9.17) is 32.7 Å². The number of carbonyl (C=O) groups excluding carboxylic acids is 1. The molecule has 2 aromatic rings. The topological polar surface area (TPSA) is 51.7 Å². The number of nitrogens with zero attached hydrogens (tertiary/aromatic N) is 2. The Balaban J connectivity index is 1.60. The predicted molar refractivity (Wildman–Crippen MR) is 116 cm³/mol. The second kappa shape index (κ2) is 9.37. The standard InChI is InChI=1S/C23H17Cl2FN2O3/c24-16-6-7-20(25)21(11-16)31-22-19(12-17(26)13-27-22)23(29)28-8-9-30-18(14-28)10-15-4-2-1-3-5-15/h1-2,4,6-9,11-14H,3,5,10H2. The molecule has 1 amide bonds. The van der Waals surface area contributed by atoms with Gasteiger partial charge in [0.15, 0.2) is 0 Å². The Hall–Kier alpha value is -3.09. The third-order valence-corrected chi connectivity index (χ3v) is 5.16. The summed E-state index contributed by atoms with van der Waals surface area (Å²) in [5, 5.41) is 0.669. The van der Waals surface area contributed by atoms with Crippen molar-refractivity contribution in [2.45, 2.75) is 19.3 Å². The van der Waals surface area contributed by atoms with Crippen LogP contribution in [0.3, 0.4) is 0 Å². The number of allylic oxidation sites excluding steroid dienone is 4. The van der Waals surface area contributed by atoms with E-state index in [0.717, 1.165) is 25.1 Å². The lowest BCUT2D eigenvalue weighted by Gasteiger charge is -2.21. The molecule has 1 aliphatic heterocycles. The van der Waals surface area contributed by atoms with Crippen LogP contribution in [0.4, 0.5) is 4.39 Å². The number of hydrogen-bond donors (Lipinski definition) is 0. The highest BCUT2D eigenvalue weighted by atomic mass is 35.5. The molecule has 5 nitrogen and oxygen atoms in total. The van der Waals surface area contributed by atoms with Gasteiger partial charge in [0.05, 0.1) is 17.4 Å². The highest BCUT2D eigenvalue weighted by Crippen LogP contribution is 2.33. The van der Waals surface area contributed by atoms with Gasteiger partial charge in [0.25, 0.3) is 5.91 Å². The fourth-order valence-electron chi connectivity index (χ4n) is 3.11. The Morgan fingerprint density at radius 2 is 2.16 bits per heavy atom. The number of rotatable bonds is 5. The van der Waals surface area contributed by atoms with E-state index in [2.05, 4.69) is 11.1 Å². The molecule has 0 radical (unpaired) electrons. The second-order valence-corrected chi connectivity index (χ2v) is 7.71. The molecule has 2 aliphatic rings. The Bertz CT molecular complexity index is 1140. The van der Waals surface area contributed by atoms with Gasteiger partial charge in [-0.1, -0.05) is 47.0 Å². The highest BCUT2D eigenvalue weighted by Gasteiger charge is 2.23. The number of halogens is 3. The Morgan fingerprint density at radius 1 is 1.29 bits per heavy atom. The van der Waals surface area contributed by atoms with Crippen molar-refractivity contribution < 1.29 is 18.7 Å². The van der Waals surface area contributed by atoms with Crippen LogP contribution in [-0.2, 0) is 4.74 Å². The van der Waals surface area contributed by atoms with Crippen molar-refractivity contribution in [3.8, 4) is 11.6 Å². The molecule has 0 atom stereocenters. The van der Waals surface area contributed by atoms with Crippen LogP contribution in [0.15, 0.2) is 78.7 Å². The van der Waals surface area contributed by atoms with Gasteiger partial charge in [0.2, 0.25) is 5.88 Å². The van der Waals surface area contributed by atoms with Gasteiger partial charge in [0.1, 0.15) is 29.2 Å². The smallest absolute Gasteiger partial charge is 0.267 e. The van der Waals surface area contributed by atoms with Crippen LogP contribution in [0.25, 0.3) is 0 Å². The average molecular weight is 459 g/mol. The van der Waals surface area contributed by atoms with Crippen LogP contribution in [0.5, 0.6) is 11.6 Å². The summed E-state index contributed by atoms with van der Waals surface area (Å²) >= 11 is 12.1. The van der Waals surface area contributed by atoms with Gasteiger partial charge < -0.3 is 9.47 Å². The molecular weight excluding hydrogens is 442 g/mol. The molecule has 1 aromatic heterocycles. The minimum atomic E-state index is -0.673. The zero-order valence-corrected chi connectivity index (χ0v) is 17.7. The first kappa shape index (κ1) is 21.2. The molecule has 0 saturated heterocycles. The van der Waals surface area contributed by atoms with E-state index in [0.29, 0.717) is 17.2 Å². The predicted octanol–water partition coefficient (Wildman–Crippen LogP) is 6.77. The van der Waals surface area contributed by atoms with E-state index in [1.165, 1.54) is 29.0 Å². The van der Waals surface area contributed by atoms with Gasteiger partial charge >= 0.3 is 0 Å². The number of carbonyl (C=O) groups is 1. The van der Waals surface area contributed by atoms with Crippen LogP contribution in [-0.4, -0.2) is 15.8 Å². The molecule has 0 unspecified atom stereocenters. The van der Waals surface area contributed by atoms with Gasteiger partial charge in [-0.05, 0) is 31.0 Å². The van der Waals surface area contributed by atoms with Crippen molar-refractivity contribution in [1.82, 2.24) is 9.88 Å². The van der Waals surface area contributed by atoms with Crippen LogP contribution in [0.2, 0.25) is 10.0 Å². The summed E-state index contributed by atoms with van der Waals surface area (Å²) in [6.45, 7) is 0. The monoisotopic (exact) mass is 458 g/mol. The lowest BCUT2D eigenvalue weighted by atomic mass is 10.0. The summed E-state index contributed by atoms with van der Waals surface area (Å²) in [5.74, 6) is -0.496. The number of aromatic nitrogens is 1. The fraction of sp³-hybridized carbons (Fsp3) is 0.130. The average Bonchev–Trinajstić information content (AvgIpc) is 2.78. The van der Waals surface area contributed by atoms with Gasteiger partial charge in [-0.15, -0.1) is 0 Å². The van der Waals surface area contributed by atoms with E-state index >= 15 is 0 Å². The largest absolute Gasteiger partial charge is 0.466 e. The van der Waals surface area contributed by atoms with E-state index in [1.807, 2.05) is 12.2 Å². The highest BCUT2D eigenvalue weighted by molar-refractivity contribution is 6.34. The normalized spacial score (nSPS) is 15.3. The molecule has 158 valence electrons. The lowest BCUT2D eigenvalue weighted by Crippen LogP contribution is -2.24. The van der Waals surface area contributed by atoms with Gasteiger partial charge in [-0.2, -0.15) is 0 Å². The number of pyridine rings is 1. The van der Waals surface area contributed by atoms with Crippen molar-refractivity contribution in [3.63, 3.8) is 0 Å². The number of hydrogen-bond acceptors (Lipinski definition) is 4. The third kappa shape index (κ3) is 5.16. The minimum absolute atomic E-state index is 0.0713. The summed E-state index contributed by atoms with van der Waals surface area (Å²) in [6, 6.07) is 5.71. The number of amides is 1. The molecule has 0 fully saturated rings. The molecule has 31 heavy (non-hydrogen) atoms. The van der Waals surface area contributed by atoms with Gasteiger partial charge in [0, 0.05) is 23.7 Å². The first-order chi connectivity index (χ1) is 15.0. The minimum Gasteiger partial charge on any atom is -0.466 e. The van der Waals surface area contributed by atoms with Crippen LogP contribution in [0.1, 0.15) is 29.6 Å². The number of benzene rings is 1. The number of ether oxygens (including phenoxy) is 2. The van der Waals surface area contributed by atoms with Crippen LogP contribution in [0, 0.1) is 5.82 Å². The third-order valence-electron chi connectivity index (χ3n) is 4.61. The van der Waals surface area contributed by atoms with Crippen molar-refractivity contribution >= 4 is 29.1 Å². The molecule has 0 bridgehead atoms. The lowest BCUT2D eigenvalue weighted by molar-refractivity contribution is 0.0850. The first-order valence-corrected chi connectivity index (χ1v) is 10.2. The molecule has 0 spiro atoms. The van der Waals surface area contributed by atoms with Crippen molar-refractivity contribution in [2.75, 3.05) is 0 Å². The zero-order chi connectivity index (χ0) is 21.8. The Morgan fingerprint density at radius 3 is 2.97 bits per heavy atom. The molecule has 1 aromatic carbocycles. The Labute approximate surface area is 188 Å². The zero-order valence-electron chi connectivity index (χ0n) is 16.2. The van der Waals surface area contributed by atoms with Crippen LogP contribution < -0.4 is 4.74 Å². The van der Waals surface area contributed by atoms with Crippen molar-refractivity contribution in [2.24, 2.45) is 0 Å². The van der Waals surface area contributed by atoms with E-state index in [9.17, 15) is 9.18 Å². The summed E-state index contributed by atoms with van der Waals surface area (Å²) in [4.78, 5) is 18.4. The Kier molecular flexibility index (Phi) is 6.39. The molecule has 0 N–H and O–H groups in total. The van der Waals surface area contributed by atoms with E-state index in [1.54, 1.807) is 18.3 Å². The summed E-state index contributed by atoms with van der Waals surface area (Å²) in [7, 11) is 0. The summed E-state index contributed by atoms with van der Waals surface area (Å²) in [5.41, 5.74) is 1.13. The second-order valence-electron chi connectivity index (χ2n) is 6.86. The molecule has 2 heterocycles.